The van der Waals surface area contributed by atoms with Gasteiger partial charge in [-0.15, -0.1) is 0 Å². The van der Waals surface area contributed by atoms with Crippen molar-refractivity contribution in [3.8, 4) is 11.8 Å². The molecule has 0 amide bonds. The largest absolute Gasteiger partial charge is 0.497 e. The normalized spacial score (nSPS) is 12.8. The number of rotatable bonds is 6. The highest BCUT2D eigenvalue weighted by Crippen LogP contribution is 2.30. The summed E-state index contributed by atoms with van der Waals surface area (Å²) in [6.07, 6.45) is 1.68. The molecule has 18 heavy (non-hydrogen) atoms. The van der Waals surface area contributed by atoms with Crippen LogP contribution in [0, 0.1) is 11.3 Å². The van der Waals surface area contributed by atoms with E-state index in [9.17, 15) is 4.57 Å². The van der Waals surface area contributed by atoms with Crippen molar-refractivity contribution in [1.82, 2.24) is 0 Å². The first-order valence-electron chi connectivity index (χ1n) is 5.60. The second-order valence-electron chi connectivity index (χ2n) is 3.51. The molecule has 0 N–H and O–H groups in total. The van der Waals surface area contributed by atoms with E-state index in [2.05, 4.69) is 0 Å². The predicted octanol–water partition coefficient (Wildman–Crippen LogP) is 3.11. The van der Waals surface area contributed by atoms with Crippen LogP contribution in [0.3, 0.4) is 0 Å². The average Bonchev–Trinajstić information content (AvgIpc) is 2.39. The van der Waals surface area contributed by atoms with Crippen LogP contribution in [-0.4, -0.2) is 19.9 Å². The van der Waals surface area contributed by atoms with E-state index in [0.717, 1.165) is 16.9 Å². The number of nitriles is 1. The van der Waals surface area contributed by atoms with Crippen molar-refractivity contribution in [1.29, 1.82) is 5.26 Å². The van der Waals surface area contributed by atoms with E-state index in [4.69, 9.17) is 14.5 Å². The van der Waals surface area contributed by atoms with E-state index in [1.807, 2.05) is 18.2 Å². The molecule has 0 aliphatic rings. The number of allylic oxidation sites excluding steroid dienone is 2. The van der Waals surface area contributed by atoms with E-state index in [1.165, 1.54) is 6.08 Å². The van der Waals surface area contributed by atoms with E-state index in [-0.39, 0.29) is 6.16 Å². The van der Waals surface area contributed by atoms with Gasteiger partial charge in [0.15, 0.2) is 8.03 Å². The molecule has 0 heterocycles. The van der Waals surface area contributed by atoms with Crippen molar-refractivity contribution < 1.29 is 13.8 Å². The van der Waals surface area contributed by atoms with Crippen molar-refractivity contribution in [3.05, 3.63) is 35.9 Å². The molecule has 0 fully saturated rings. The summed E-state index contributed by atoms with van der Waals surface area (Å²) < 4.78 is 21.7. The topological polar surface area (TPSA) is 59.3 Å². The number of ether oxygens (including phenoxy) is 1. The summed E-state index contributed by atoms with van der Waals surface area (Å²) in [4.78, 5) is 0. The molecule has 5 heteroatoms. The Morgan fingerprint density at radius 2 is 2.11 bits per heavy atom. The maximum atomic E-state index is 11.6. The van der Waals surface area contributed by atoms with Crippen molar-refractivity contribution in [2.75, 3.05) is 19.9 Å². The molecule has 1 atom stereocenters. The molecule has 0 aliphatic carbocycles. The van der Waals surface area contributed by atoms with Crippen LogP contribution < -0.4 is 4.74 Å². The molecule has 0 aromatic heterocycles. The summed E-state index contributed by atoms with van der Waals surface area (Å²) in [6, 6.07) is 9.25. The minimum absolute atomic E-state index is 0.276. The first-order chi connectivity index (χ1) is 8.71. The zero-order valence-corrected chi connectivity index (χ0v) is 11.5. The molecule has 0 saturated carbocycles. The number of nitrogens with zero attached hydrogens (tertiary/aromatic N) is 1. The van der Waals surface area contributed by atoms with Crippen LogP contribution in [-0.2, 0) is 9.09 Å². The SMILES string of the molecule is CCO[PH](=O)C/C(=C/C#N)c1ccc(OC)cc1. The fourth-order valence-electron chi connectivity index (χ4n) is 1.49. The van der Waals surface area contributed by atoms with Gasteiger partial charge in [0.1, 0.15) is 5.75 Å². The van der Waals surface area contributed by atoms with Crippen molar-refractivity contribution in [3.63, 3.8) is 0 Å². The summed E-state index contributed by atoms with van der Waals surface area (Å²) in [7, 11) is -0.532. The quantitative estimate of drug-likeness (QED) is 0.585. The van der Waals surface area contributed by atoms with Gasteiger partial charge in [-0.3, -0.25) is 4.57 Å². The molecule has 0 aliphatic heterocycles. The lowest BCUT2D eigenvalue weighted by Gasteiger charge is -2.07. The van der Waals surface area contributed by atoms with Gasteiger partial charge in [-0.05, 0) is 30.2 Å². The highest BCUT2D eigenvalue weighted by Gasteiger charge is 2.07. The maximum absolute atomic E-state index is 11.6. The standard InChI is InChI=1S/C13H16NO3P/c1-3-17-18(15)10-12(8-9-14)11-4-6-13(16-2)7-5-11/h4-8,18H,3,10H2,1-2H3/b12-8-. The molecular weight excluding hydrogens is 249 g/mol. The van der Waals surface area contributed by atoms with Crippen LogP contribution in [0.2, 0.25) is 0 Å². The van der Waals surface area contributed by atoms with Gasteiger partial charge in [0, 0.05) is 12.2 Å². The van der Waals surface area contributed by atoms with Crippen LogP contribution in [0.1, 0.15) is 12.5 Å². The summed E-state index contributed by atoms with van der Waals surface area (Å²) >= 11 is 0. The Morgan fingerprint density at radius 1 is 1.44 bits per heavy atom. The third-order valence-electron chi connectivity index (χ3n) is 2.34. The first-order valence-corrected chi connectivity index (χ1v) is 7.12. The number of hydrogen-bond donors (Lipinski definition) is 0. The van der Waals surface area contributed by atoms with Gasteiger partial charge >= 0.3 is 0 Å². The van der Waals surface area contributed by atoms with Crippen molar-refractivity contribution in [2.45, 2.75) is 6.92 Å². The van der Waals surface area contributed by atoms with E-state index < -0.39 is 8.03 Å². The van der Waals surface area contributed by atoms with Gasteiger partial charge in [-0.2, -0.15) is 5.26 Å². The van der Waals surface area contributed by atoms with Gasteiger partial charge in [-0.25, -0.2) is 0 Å². The smallest absolute Gasteiger partial charge is 0.195 e. The number of benzene rings is 1. The Morgan fingerprint density at radius 3 is 2.61 bits per heavy atom. The Balaban J connectivity index is 2.88. The van der Waals surface area contributed by atoms with Crippen LogP contribution in [0.5, 0.6) is 5.75 Å². The van der Waals surface area contributed by atoms with Crippen LogP contribution >= 0.6 is 8.03 Å². The molecule has 96 valence electrons. The molecule has 0 spiro atoms. The summed E-state index contributed by atoms with van der Waals surface area (Å²) in [5.74, 6) is 0.743. The van der Waals surface area contributed by atoms with Gasteiger partial charge in [0.2, 0.25) is 0 Å². The highest BCUT2D eigenvalue weighted by atomic mass is 31.1. The zero-order valence-electron chi connectivity index (χ0n) is 10.5. The third-order valence-corrected chi connectivity index (χ3v) is 3.62. The van der Waals surface area contributed by atoms with Crippen LogP contribution in [0.25, 0.3) is 5.57 Å². The second-order valence-corrected chi connectivity index (χ2v) is 4.90. The molecule has 4 nitrogen and oxygen atoms in total. The van der Waals surface area contributed by atoms with Gasteiger partial charge < -0.3 is 9.26 Å². The van der Waals surface area contributed by atoms with E-state index >= 15 is 0 Å². The second kappa shape index (κ2) is 7.71. The molecule has 1 unspecified atom stereocenters. The lowest BCUT2D eigenvalue weighted by Crippen LogP contribution is -1.91. The fraction of sp³-hybridized carbons (Fsp3) is 0.308. The van der Waals surface area contributed by atoms with Gasteiger partial charge in [0.25, 0.3) is 0 Å². The Hall–Kier alpha value is -1.56. The lowest BCUT2D eigenvalue weighted by molar-refractivity contribution is 0.352. The molecular formula is C13H16NO3P. The predicted molar refractivity (Wildman–Crippen MR) is 72.1 cm³/mol. The fourth-order valence-corrected chi connectivity index (χ4v) is 2.53. The molecule has 0 radical (unpaired) electrons. The van der Waals surface area contributed by atoms with Gasteiger partial charge in [-0.1, -0.05) is 12.1 Å². The van der Waals surface area contributed by atoms with Crippen molar-refractivity contribution >= 4 is 13.6 Å². The maximum Gasteiger partial charge on any atom is 0.195 e. The minimum Gasteiger partial charge on any atom is -0.497 e. The Labute approximate surface area is 108 Å². The highest BCUT2D eigenvalue weighted by molar-refractivity contribution is 7.39. The monoisotopic (exact) mass is 265 g/mol. The van der Waals surface area contributed by atoms with Crippen LogP contribution in [0.4, 0.5) is 0 Å². The van der Waals surface area contributed by atoms with Crippen LogP contribution in [0.15, 0.2) is 30.3 Å². The molecule has 0 bridgehead atoms. The molecule has 1 aromatic rings. The Kier molecular flexibility index (Phi) is 6.21. The lowest BCUT2D eigenvalue weighted by atomic mass is 10.1. The number of methoxy groups -OCH3 is 1. The van der Waals surface area contributed by atoms with Crippen molar-refractivity contribution in [2.24, 2.45) is 0 Å². The molecule has 1 rings (SSSR count). The average molecular weight is 265 g/mol. The zero-order chi connectivity index (χ0) is 13.4. The summed E-state index contributed by atoms with van der Waals surface area (Å²) in [5.41, 5.74) is 1.58. The molecule has 0 saturated heterocycles. The summed E-state index contributed by atoms with van der Waals surface area (Å²) in [5, 5.41) is 8.76. The van der Waals surface area contributed by atoms with E-state index in [0.29, 0.717) is 6.61 Å². The summed E-state index contributed by atoms with van der Waals surface area (Å²) in [6.45, 7) is 2.21. The minimum atomic E-state index is -2.12. The first kappa shape index (κ1) is 14.5. The van der Waals surface area contributed by atoms with Gasteiger partial charge in [0.05, 0.1) is 19.8 Å². The third kappa shape index (κ3) is 4.37. The Bertz CT molecular complexity index is 474. The van der Waals surface area contributed by atoms with E-state index in [1.54, 1.807) is 26.2 Å². The number of hydrogen-bond acceptors (Lipinski definition) is 4. The molecule has 1 aromatic carbocycles.